The summed E-state index contributed by atoms with van der Waals surface area (Å²) >= 11 is 0. The lowest BCUT2D eigenvalue weighted by Crippen LogP contribution is -2.50. The maximum atomic E-state index is 14.2. The Hall–Kier alpha value is -4.12. The zero-order valence-electron chi connectivity index (χ0n) is 21.6. The molecular weight excluding hydrogens is 527 g/mol. The smallest absolute Gasteiger partial charge is 0.274 e. The molecule has 4 heterocycles. The number of hydrogen-bond acceptors (Lipinski definition) is 5. The van der Waals surface area contributed by atoms with Gasteiger partial charge in [0, 0.05) is 43.0 Å². The lowest BCUT2D eigenvalue weighted by molar-refractivity contribution is 0.0570. The Labute approximate surface area is 227 Å². The van der Waals surface area contributed by atoms with Gasteiger partial charge in [-0.25, -0.2) is 13.2 Å². The van der Waals surface area contributed by atoms with Crippen LogP contribution in [0.4, 0.5) is 13.2 Å². The van der Waals surface area contributed by atoms with E-state index in [2.05, 4.69) is 5.32 Å². The van der Waals surface area contributed by atoms with Crippen LogP contribution in [0.15, 0.2) is 53.5 Å². The highest BCUT2D eigenvalue weighted by Gasteiger charge is 2.57. The van der Waals surface area contributed by atoms with Gasteiger partial charge in [-0.1, -0.05) is 30.3 Å². The van der Waals surface area contributed by atoms with Crippen molar-refractivity contribution >= 4 is 11.8 Å². The van der Waals surface area contributed by atoms with Crippen LogP contribution in [-0.4, -0.2) is 46.1 Å². The van der Waals surface area contributed by atoms with Crippen molar-refractivity contribution in [1.82, 2.24) is 14.8 Å². The van der Waals surface area contributed by atoms with Gasteiger partial charge in [0.1, 0.15) is 35.2 Å². The van der Waals surface area contributed by atoms with E-state index in [1.165, 1.54) is 6.20 Å². The summed E-state index contributed by atoms with van der Waals surface area (Å²) in [5, 5.41) is 2.35. The first kappa shape index (κ1) is 26.1. The molecule has 6 rings (SSSR count). The van der Waals surface area contributed by atoms with Crippen molar-refractivity contribution < 1.29 is 32.2 Å². The summed E-state index contributed by atoms with van der Waals surface area (Å²) in [7, 11) is 0. The minimum absolute atomic E-state index is 0.0324. The van der Waals surface area contributed by atoms with Gasteiger partial charge in [0.15, 0.2) is 11.4 Å². The highest BCUT2D eigenvalue weighted by molar-refractivity contribution is 5.99. The predicted octanol–water partition coefficient (Wildman–Crippen LogP) is 3.72. The Balaban J connectivity index is 1.42. The zero-order valence-corrected chi connectivity index (χ0v) is 21.6. The quantitative estimate of drug-likeness (QED) is 0.470. The number of nitrogens with one attached hydrogen (secondary N) is 1. The second-order valence-corrected chi connectivity index (χ2v) is 10.5. The van der Waals surface area contributed by atoms with Gasteiger partial charge in [-0.15, -0.1) is 0 Å². The first-order chi connectivity index (χ1) is 19.2. The molecule has 1 aromatic heterocycles. The summed E-state index contributed by atoms with van der Waals surface area (Å²) in [6.45, 7) is 2.10. The molecule has 2 bridgehead atoms. The van der Waals surface area contributed by atoms with E-state index in [1.54, 1.807) is 33.7 Å². The van der Waals surface area contributed by atoms with Crippen molar-refractivity contribution in [2.75, 3.05) is 13.2 Å². The number of pyridine rings is 1. The van der Waals surface area contributed by atoms with E-state index < -0.39 is 46.5 Å². The van der Waals surface area contributed by atoms with E-state index in [4.69, 9.17) is 9.47 Å². The van der Waals surface area contributed by atoms with Gasteiger partial charge < -0.3 is 24.3 Å². The molecule has 2 fully saturated rings. The SMILES string of the molecule is C[C@H]1CC[C@@]2(CO2)[C@H]2CN1C(=O)c1c(OCc3ccccc3)c(=O)c(C(=O)NCc3c(F)cc(F)cc3F)cn12. The number of halogens is 3. The third-order valence-electron chi connectivity index (χ3n) is 8.00. The van der Waals surface area contributed by atoms with E-state index in [-0.39, 0.29) is 41.6 Å². The normalized spacial score (nSPS) is 23.0. The maximum Gasteiger partial charge on any atom is 0.274 e. The standard InChI is InChI=1S/C29H26F3N3O5/c1-16-7-8-29(15-40-29)23-13-34(16)28(38)24-26(39-14-17-5-3-2-4-6-17)25(36)20(12-35(23)24)27(37)33-11-19-21(31)9-18(30)10-22(19)32/h2-6,9-10,12,16,23H,7-8,11,13-15H2,1H3,(H,33,37)/t16-,23+,29+/m0/s1. The van der Waals surface area contributed by atoms with E-state index in [9.17, 15) is 27.6 Å². The molecule has 2 saturated heterocycles. The van der Waals surface area contributed by atoms with Gasteiger partial charge in [-0.2, -0.15) is 0 Å². The number of fused-ring (bicyclic) bond motifs is 5. The van der Waals surface area contributed by atoms with Crippen LogP contribution in [0.2, 0.25) is 0 Å². The molecule has 1 N–H and O–H groups in total. The average molecular weight is 554 g/mol. The van der Waals surface area contributed by atoms with Gasteiger partial charge in [-0.05, 0) is 25.3 Å². The fourth-order valence-electron chi connectivity index (χ4n) is 5.59. The van der Waals surface area contributed by atoms with Crippen LogP contribution >= 0.6 is 0 Å². The summed E-state index contributed by atoms with van der Waals surface area (Å²) in [4.78, 5) is 42.4. The summed E-state index contributed by atoms with van der Waals surface area (Å²) in [6.07, 6.45) is 2.71. The lowest BCUT2D eigenvalue weighted by atomic mass is 9.94. The molecule has 3 atom stereocenters. The number of rotatable bonds is 6. The molecule has 0 unspecified atom stereocenters. The first-order valence-corrected chi connectivity index (χ1v) is 13.0. The number of carbonyl (C=O) groups excluding carboxylic acids is 2. The largest absolute Gasteiger partial charge is 0.483 e. The molecule has 40 heavy (non-hydrogen) atoms. The van der Waals surface area contributed by atoms with Gasteiger partial charge in [0.2, 0.25) is 5.43 Å². The van der Waals surface area contributed by atoms with Crippen LogP contribution in [0, 0.1) is 17.5 Å². The van der Waals surface area contributed by atoms with Crippen molar-refractivity contribution in [3.63, 3.8) is 0 Å². The molecule has 2 amide bonds. The number of ether oxygens (including phenoxy) is 2. The fraction of sp³-hybridized carbons (Fsp3) is 0.345. The van der Waals surface area contributed by atoms with E-state index in [1.807, 2.05) is 13.0 Å². The van der Waals surface area contributed by atoms with Crippen LogP contribution < -0.4 is 15.5 Å². The van der Waals surface area contributed by atoms with Crippen molar-refractivity contribution in [3.8, 4) is 5.75 Å². The molecule has 0 saturated carbocycles. The number of aromatic nitrogens is 1. The summed E-state index contributed by atoms with van der Waals surface area (Å²) in [5.74, 6) is -5.01. The van der Waals surface area contributed by atoms with Crippen molar-refractivity contribution in [2.45, 2.75) is 50.6 Å². The van der Waals surface area contributed by atoms with Crippen molar-refractivity contribution in [3.05, 3.63) is 98.7 Å². The zero-order chi connectivity index (χ0) is 28.2. The van der Waals surface area contributed by atoms with Crippen LogP contribution in [-0.2, 0) is 17.9 Å². The van der Waals surface area contributed by atoms with Gasteiger partial charge in [0.05, 0.1) is 12.6 Å². The second kappa shape index (κ2) is 9.81. The molecule has 3 aliphatic heterocycles. The van der Waals surface area contributed by atoms with E-state index in [0.29, 0.717) is 38.1 Å². The Morgan fingerprint density at radius 2 is 1.85 bits per heavy atom. The Bertz CT molecular complexity index is 1550. The Morgan fingerprint density at radius 3 is 2.52 bits per heavy atom. The number of amides is 2. The van der Waals surface area contributed by atoms with Gasteiger partial charge in [0.25, 0.3) is 11.8 Å². The molecule has 0 radical (unpaired) electrons. The number of benzene rings is 2. The molecule has 2 aromatic carbocycles. The van der Waals surface area contributed by atoms with Gasteiger partial charge >= 0.3 is 0 Å². The molecule has 11 heteroatoms. The number of nitrogens with zero attached hydrogens (tertiary/aromatic N) is 2. The molecule has 3 aliphatic rings. The average Bonchev–Trinajstić information content (AvgIpc) is 3.73. The Morgan fingerprint density at radius 1 is 1.15 bits per heavy atom. The highest BCUT2D eigenvalue weighted by Crippen LogP contribution is 2.49. The summed E-state index contributed by atoms with van der Waals surface area (Å²) < 4.78 is 55.1. The van der Waals surface area contributed by atoms with Crippen LogP contribution in [0.3, 0.4) is 0 Å². The third kappa shape index (κ3) is 4.43. The first-order valence-electron chi connectivity index (χ1n) is 13.0. The van der Waals surface area contributed by atoms with Crippen molar-refractivity contribution in [1.29, 1.82) is 0 Å². The second-order valence-electron chi connectivity index (χ2n) is 10.5. The molecule has 3 aromatic rings. The number of carbonyl (C=O) groups is 2. The Kier molecular flexibility index (Phi) is 6.41. The fourth-order valence-corrected chi connectivity index (χ4v) is 5.59. The topological polar surface area (TPSA) is 93.2 Å². The minimum Gasteiger partial charge on any atom is -0.483 e. The summed E-state index contributed by atoms with van der Waals surface area (Å²) in [5.41, 5.74) is -1.50. The predicted molar refractivity (Wildman–Crippen MR) is 136 cm³/mol. The molecular formula is C29H26F3N3O5. The van der Waals surface area contributed by atoms with Crippen LogP contribution in [0.1, 0.15) is 57.8 Å². The number of epoxide rings is 1. The molecule has 8 nitrogen and oxygen atoms in total. The minimum atomic E-state index is -1.17. The third-order valence-corrected chi connectivity index (χ3v) is 8.00. The van der Waals surface area contributed by atoms with E-state index >= 15 is 0 Å². The highest BCUT2D eigenvalue weighted by atomic mass is 19.1. The lowest BCUT2D eigenvalue weighted by Gasteiger charge is -2.38. The molecule has 0 aliphatic carbocycles. The maximum absolute atomic E-state index is 14.2. The van der Waals surface area contributed by atoms with Crippen LogP contribution in [0.5, 0.6) is 5.75 Å². The molecule has 1 spiro atoms. The number of hydrogen-bond donors (Lipinski definition) is 1. The van der Waals surface area contributed by atoms with Gasteiger partial charge in [-0.3, -0.25) is 14.4 Å². The van der Waals surface area contributed by atoms with Crippen LogP contribution in [0.25, 0.3) is 0 Å². The van der Waals surface area contributed by atoms with E-state index in [0.717, 1.165) is 5.56 Å². The summed E-state index contributed by atoms with van der Waals surface area (Å²) in [6, 6.07) is 9.59. The monoisotopic (exact) mass is 553 g/mol. The van der Waals surface area contributed by atoms with Crippen molar-refractivity contribution in [2.24, 2.45) is 0 Å². The molecule has 208 valence electrons.